The van der Waals surface area contributed by atoms with Crippen LogP contribution in [0.4, 0.5) is 5.13 Å². The van der Waals surface area contributed by atoms with E-state index in [1.54, 1.807) is 11.3 Å². The predicted octanol–water partition coefficient (Wildman–Crippen LogP) is 2.63. The van der Waals surface area contributed by atoms with E-state index >= 15 is 0 Å². The molecule has 0 saturated heterocycles. The van der Waals surface area contributed by atoms with Crippen molar-refractivity contribution < 1.29 is 9.53 Å². The van der Waals surface area contributed by atoms with E-state index in [9.17, 15) is 4.79 Å². The van der Waals surface area contributed by atoms with Gasteiger partial charge in [-0.25, -0.2) is 4.98 Å². The SMILES string of the molecule is CCOC(=O)Cc1csc(N(C)C2CCCC2)n1. The summed E-state index contributed by atoms with van der Waals surface area (Å²) >= 11 is 1.61. The highest BCUT2D eigenvalue weighted by Crippen LogP contribution is 2.29. The van der Waals surface area contributed by atoms with Crippen molar-refractivity contribution in [1.29, 1.82) is 0 Å². The molecule has 4 nitrogen and oxygen atoms in total. The fraction of sp³-hybridized carbons (Fsp3) is 0.692. The van der Waals surface area contributed by atoms with Crippen LogP contribution in [0, 0.1) is 0 Å². The Balaban J connectivity index is 1.94. The van der Waals surface area contributed by atoms with Gasteiger partial charge in [-0.2, -0.15) is 0 Å². The van der Waals surface area contributed by atoms with Crippen LogP contribution in [0.5, 0.6) is 0 Å². The third-order valence-electron chi connectivity index (χ3n) is 3.34. The number of ether oxygens (including phenoxy) is 1. The number of hydrogen-bond donors (Lipinski definition) is 0. The van der Waals surface area contributed by atoms with E-state index in [-0.39, 0.29) is 12.4 Å². The maximum absolute atomic E-state index is 11.4. The molecule has 1 aromatic heterocycles. The van der Waals surface area contributed by atoms with Crippen molar-refractivity contribution in [3.63, 3.8) is 0 Å². The van der Waals surface area contributed by atoms with Gasteiger partial charge in [-0.15, -0.1) is 11.3 Å². The van der Waals surface area contributed by atoms with E-state index in [1.807, 2.05) is 12.3 Å². The molecule has 0 atom stereocenters. The largest absolute Gasteiger partial charge is 0.466 e. The lowest BCUT2D eigenvalue weighted by Crippen LogP contribution is -2.28. The lowest BCUT2D eigenvalue weighted by atomic mass is 10.2. The summed E-state index contributed by atoms with van der Waals surface area (Å²) in [6, 6.07) is 0.617. The fourth-order valence-electron chi connectivity index (χ4n) is 2.35. The van der Waals surface area contributed by atoms with Crippen LogP contribution in [0.15, 0.2) is 5.38 Å². The van der Waals surface area contributed by atoms with Gasteiger partial charge in [0.05, 0.1) is 18.7 Å². The molecule has 1 heterocycles. The second kappa shape index (κ2) is 6.18. The van der Waals surface area contributed by atoms with Gasteiger partial charge in [-0.3, -0.25) is 4.79 Å². The molecule has 1 aliphatic carbocycles. The van der Waals surface area contributed by atoms with E-state index in [0.717, 1.165) is 10.8 Å². The average Bonchev–Trinajstić information content (AvgIpc) is 2.98. The van der Waals surface area contributed by atoms with Crippen molar-refractivity contribution in [3.05, 3.63) is 11.1 Å². The van der Waals surface area contributed by atoms with Crippen LogP contribution < -0.4 is 4.90 Å². The minimum atomic E-state index is -0.196. The van der Waals surface area contributed by atoms with Crippen LogP contribution in [0.1, 0.15) is 38.3 Å². The first kappa shape index (κ1) is 13.3. The molecule has 1 aromatic rings. The highest BCUT2D eigenvalue weighted by molar-refractivity contribution is 7.13. The monoisotopic (exact) mass is 268 g/mol. The van der Waals surface area contributed by atoms with E-state index in [2.05, 4.69) is 16.9 Å². The number of rotatable bonds is 5. The summed E-state index contributed by atoms with van der Waals surface area (Å²) in [4.78, 5) is 18.2. The molecule has 2 rings (SSSR count). The number of aromatic nitrogens is 1. The van der Waals surface area contributed by atoms with Gasteiger partial charge < -0.3 is 9.64 Å². The first-order valence-corrected chi connectivity index (χ1v) is 7.41. The highest BCUT2D eigenvalue weighted by atomic mass is 32.1. The second-order valence-electron chi connectivity index (χ2n) is 4.65. The Morgan fingerprint density at radius 2 is 2.28 bits per heavy atom. The van der Waals surface area contributed by atoms with Gasteiger partial charge in [0.15, 0.2) is 5.13 Å². The second-order valence-corrected chi connectivity index (χ2v) is 5.49. The van der Waals surface area contributed by atoms with Gasteiger partial charge in [0.2, 0.25) is 0 Å². The third kappa shape index (κ3) is 3.22. The van der Waals surface area contributed by atoms with E-state index in [1.165, 1.54) is 25.7 Å². The van der Waals surface area contributed by atoms with Crippen molar-refractivity contribution in [2.45, 2.75) is 45.1 Å². The molecule has 0 unspecified atom stereocenters. The Labute approximate surface area is 112 Å². The summed E-state index contributed by atoms with van der Waals surface area (Å²) in [7, 11) is 2.10. The zero-order valence-electron chi connectivity index (χ0n) is 11.0. The molecule has 0 aliphatic heterocycles. The van der Waals surface area contributed by atoms with Crippen LogP contribution in [0.2, 0.25) is 0 Å². The number of nitrogens with zero attached hydrogens (tertiary/aromatic N) is 2. The zero-order chi connectivity index (χ0) is 13.0. The summed E-state index contributed by atoms with van der Waals surface area (Å²) < 4.78 is 4.93. The van der Waals surface area contributed by atoms with Crippen LogP contribution >= 0.6 is 11.3 Å². The van der Waals surface area contributed by atoms with Crippen LogP contribution in [-0.2, 0) is 16.0 Å². The molecular weight excluding hydrogens is 248 g/mol. The Morgan fingerprint density at radius 1 is 1.56 bits per heavy atom. The first-order chi connectivity index (χ1) is 8.70. The number of esters is 1. The van der Waals surface area contributed by atoms with Crippen LogP contribution in [0.25, 0.3) is 0 Å². The average molecular weight is 268 g/mol. The molecule has 18 heavy (non-hydrogen) atoms. The van der Waals surface area contributed by atoms with Gasteiger partial charge in [0, 0.05) is 18.5 Å². The Kier molecular flexibility index (Phi) is 4.58. The minimum Gasteiger partial charge on any atom is -0.466 e. The summed E-state index contributed by atoms with van der Waals surface area (Å²) in [5, 5.41) is 2.97. The molecule has 1 aliphatic rings. The van der Waals surface area contributed by atoms with Gasteiger partial charge in [0.25, 0.3) is 0 Å². The summed E-state index contributed by atoms with van der Waals surface area (Å²) in [5.41, 5.74) is 0.818. The maximum Gasteiger partial charge on any atom is 0.311 e. The molecule has 0 bridgehead atoms. The predicted molar refractivity (Wildman–Crippen MR) is 73.1 cm³/mol. The summed E-state index contributed by atoms with van der Waals surface area (Å²) in [5.74, 6) is -0.196. The van der Waals surface area contributed by atoms with Crippen molar-refractivity contribution in [3.8, 4) is 0 Å². The molecule has 1 fully saturated rings. The Morgan fingerprint density at radius 3 is 2.94 bits per heavy atom. The van der Waals surface area contributed by atoms with Crippen molar-refractivity contribution in [2.24, 2.45) is 0 Å². The lowest BCUT2D eigenvalue weighted by molar-refractivity contribution is -0.142. The molecule has 0 spiro atoms. The van der Waals surface area contributed by atoms with Gasteiger partial charge in [-0.1, -0.05) is 12.8 Å². The third-order valence-corrected chi connectivity index (χ3v) is 4.32. The molecule has 0 amide bonds. The molecular formula is C13H20N2O2S. The standard InChI is InChI=1S/C13H20N2O2S/c1-3-17-12(16)8-10-9-18-13(14-10)15(2)11-6-4-5-7-11/h9,11H,3-8H2,1-2H3. The van der Waals surface area contributed by atoms with Gasteiger partial charge in [-0.05, 0) is 19.8 Å². The zero-order valence-corrected chi connectivity index (χ0v) is 11.8. The van der Waals surface area contributed by atoms with Crippen LogP contribution in [0.3, 0.4) is 0 Å². The molecule has 1 saturated carbocycles. The van der Waals surface area contributed by atoms with Crippen molar-refractivity contribution >= 4 is 22.4 Å². The number of carbonyl (C=O) groups excluding carboxylic acids is 1. The topological polar surface area (TPSA) is 42.4 Å². The van der Waals surface area contributed by atoms with Crippen molar-refractivity contribution in [1.82, 2.24) is 4.98 Å². The normalized spacial score (nSPS) is 15.9. The first-order valence-electron chi connectivity index (χ1n) is 6.53. The molecule has 100 valence electrons. The molecule has 0 radical (unpaired) electrons. The van der Waals surface area contributed by atoms with Crippen LogP contribution in [-0.4, -0.2) is 30.6 Å². The lowest BCUT2D eigenvalue weighted by Gasteiger charge is -2.23. The number of hydrogen-bond acceptors (Lipinski definition) is 5. The Bertz CT molecular complexity index is 399. The van der Waals surface area contributed by atoms with E-state index < -0.39 is 0 Å². The smallest absolute Gasteiger partial charge is 0.311 e. The summed E-state index contributed by atoms with van der Waals surface area (Å²) in [6.07, 6.45) is 5.42. The maximum atomic E-state index is 11.4. The quantitative estimate of drug-likeness (QED) is 0.770. The molecule has 0 aromatic carbocycles. The minimum absolute atomic E-state index is 0.196. The number of thiazole rings is 1. The van der Waals surface area contributed by atoms with E-state index in [0.29, 0.717) is 12.6 Å². The molecule has 0 N–H and O–H groups in total. The number of anilines is 1. The van der Waals surface area contributed by atoms with E-state index in [4.69, 9.17) is 4.74 Å². The van der Waals surface area contributed by atoms with Crippen molar-refractivity contribution in [2.75, 3.05) is 18.6 Å². The molecule has 5 heteroatoms. The fourth-order valence-corrected chi connectivity index (χ4v) is 3.21. The van der Waals surface area contributed by atoms with Gasteiger partial charge >= 0.3 is 5.97 Å². The summed E-state index contributed by atoms with van der Waals surface area (Å²) in [6.45, 7) is 2.25. The Hall–Kier alpha value is -1.10. The van der Waals surface area contributed by atoms with Gasteiger partial charge in [0.1, 0.15) is 0 Å². The highest BCUT2D eigenvalue weighted by Gasteiger charge is 2.22. The number of carbonyl (C=O) groups is 1.